The summed E-state index contributed by atoms with van der Waals surface area (Å²) in [6, 6.07) is 7.97. The second-order valence-electron chi connectivity index (χ2n) is 5.43. The van der Waals surface area contributed by atoms with Crippen molar-refractivity contribution >= 4 is 11.8 Å². The summed E-state index contributed by atoms with van der Waals surface area (Å²) in [5.74, 6) is -0.0350. The third-order valence-corrected chi connectivity index (χ3v) is 4.24. The molecule has 1 aliphatic heterocycles. The summed E-state index contributed by atoms with van der Waals surface area (Å²) in [7, 11) is 0. The van der Waals surface area contributed by atoms with Gasteiger partial charge in [-0.25, -0.2) is 0 Å². The normalized spacial score (nSPS) is 18.1. The number of nitrogens with zero attached hydrogens (tertiary/aromatic N) is 1. The van der Waals surface area contributed by atoms with Crippen molar-refractivity contribution in [1.29, 1.82) is 0 Å². The second kappa shape index (κ2) is 5.65. The summed E-state index contributed by atoms with van der Waals surface area (Å²) in [5.41, 5.74) is 1.51. The minimum atomic E-state index is -0.724. The van der Waals surface area contributed by atoms with E-state index in [2.05, 4.69) is 5.32 Å². The molecular formula is C16H22N2O2. The van der Waals surface area contributed by atoms with Crippen molar-refractivity contribution in [2.45, 2.75) is 45.7 Å². The molecule has 1 aliphatic rings. The molecule has 0 aromatic heterocycles. The number of hydrogen-bond donors (Lipinski definition) is 1. The first-order chi connectivity index (χ1) is 9.52. The first-order valence-corrected chi connectivity index (χ1v) is 7.17. The zero-order valence-electron chi connectivity index (χ0n) is 12.4. The molecule has 0 atom stereocenters. The molecule has 2 rings (SSSR count). The molecule has 0 saturated carbocycles. The molecule has 0 aliphatic carbocycles. The van der Waals surface area contributed by atoms with Gasteiger partial charge in [0, 0.05) is 6.54 Å². The fraction of sp³-hybridized carbons (Fsp3) is 0.500. The standard InChI is InChI=1S/C16H22N2O2/c1-4-16(5-2)15(20)18(11-14(19)17-16)10-13-9-7-6-8-12(13)3/h6-9H,4-5,10-11H2,1-3H3,(H,17,19). The Morgan fingerprint density at radius 1 is 1.20 bits per heavy atom. The molecular weight excluding hydrogens is 252 g/mol. The highest BCUT2D eigenvalue weighted by Gasteiger charge is 2.43. The lowest BCUT2D eigenvalue weighted by atomic mass is 9.88. The van der Waals surface area contributed by atoms with E-state index in [1.807, 2.05) is 45.0 Å². The predicted octanol–water partition coefficient (Wildman–Crippen LogP) is 2.01. The summed E-state index contributed by atoms with van der Waals surface area (Å²) in [6.45, 7) is 6.56. The van der Waals surface area contributed by atoms with Crippen molar-refractivity contribution in [3.05, 3.63) is 35.4 Å². The van der Waals surface area contributed by atoms with Crippen LogP contribution in [0.25, 0.3) is 0 Å². The average molecular weight is 274 g/mol. The Hall–Kier alpha value is -1.84. The highest BCUT2D eigenvalue weighted by molar-refractivity contribution is 5.97. The van der Waals surface area contributed by atoms with E-state index < -0.39 is 5.54 Å². The van der Waals surface area contributed by atoms with Crippen LogP contribution in [0.15, 0.2) is 24.3 Å². The molecule has 4 nitrogen and oxygen atoms in total. The third-order valence-electron chi connectivity index (χ3n) is 4.24. The van der Waals surface area contributed by atoms with Gasteiger partial charge in [0.15, 0.2) is 0 Å². The van der Waals surface area contributed by atoms with Crippen LogP contribution in [0.4, 0.5) is 0 Å². The van der Waals surface area contributed by atoms with Crippen LogP contribution in [0.2, 0.25) is 0 Å². The largest absolute Gasteiger partial charge is 0.340 e. The van der Waals surface area contributed by atoms with E-state index in [0.717, 1.165) is 11.1 Å². The molecule has 0 bridgehead atoms. The lowest BCUT2D eigenvalue weighted by Crippen LogP contribution is -2.65. The summed E-state index contributed by atoms with van der Waals surface area (Å²) >= 11 is 0. The summed E-state index contributed by atoms with van der Waals surface area (Å²) in [6.07, 6.45) is 1.25. The highest BCUT2D eigenvalue weighted by atomic mass is 16.2. The van der Waals surface area contributed by atoms with E-state index in [0.29, 0.717) is 19.4 Å². The first-order valence-electron chi connectivity index (χ1n) is 7.17. The maximum absolute atomic E-state index is 12.7. The summed E-state index contributed by atoms with van der Waals surface area (Å²) < 4.78 is 0. The third kappa shape index (κ3) is 2.55. The van der Waals surface area contributed by atoms with Crippen molar-refractivity contribution in [2.75, 3.05) is 6.54 Å². The topological polar surface area (TPSA) is 49.4 Å². The van der Waals surface area contributed by atoms with Gasteiger partial charge in [0.1, 0.15) is 5.54 Å². The van der Waals surface area contributed by atoms with E-state index in [9.17, 15) is 9.59 Å². The first kappa shape index (κ1) is 14.6. The number of rotatable bonds is 4. The fourth-order valence-electron chi connectivity index (χ4n) is 2.76. The highest BCUT2D eigenvalue weighted by Crippen LogP contribution is 2.24. The average Bonchev–Trinajstić information content (AvgIpc) is 2.45. The van der Waals surface area contributed by atoms with Crippen molar-refractivity contribution in [1.82, 2.24) is 10.2 Å². The number of carbonyl (C=O) groups is 2. The molecule has 1 fully saturated rings. The van der Waals surface area contributed by atoms with Crippen molar-refractivity contribution in [2.24, 2.45) is 0 Å². The van der Waals surface area contributed by atoms with Crippen molar-refractivity contribution < 1.29 is 9.59 Å². The Morgan fingerprint density at radius 2 is 1.85 bits per heavy atom. The van der Waals surface area contributed by atoms with E-state index in [4.69, 9.17) is 0 Å². The Labute approximate surface area is 120 Å². The van der Waals surface area contributed by atoms with Crippen LogP contribution in [0.1, 0.15) is 37.8 Å². The molecule has 108 valence electrons. The Morgan fingerprint density at radius 3 is 2.45 bits per heavy atom. The number of aryl methyl sites for hydroxylation is 1. The van der Waals surface area contributed by atoms with Crippen molar-refractivity contribution in [3.8, 4) is 0 Å². The Balaban J connectivity index is 2.25. The Bertz CT molecular complexity index is 521. The van der Waals surface area contributed by atoms with E-state index in [-0.39, 0.29) is 18.4 Å². The molecule has 4 heteroatoms. The predicted molar refractivity (Wildman–Crippen MR) is 78.1 cm³/mol. The van der Waals surface area contributed by atoms with E-state index >= 15 is 0 Å². The molecule has 0 unspecified atom stereocenters. The van der Waals surface area contributed by atoms with Crippen LogP contribution in [0.3, 0.4) is 0 Å². The van der Waals surface area contributed by atoms with Gasteiger partial charge in [0.2, 0.25) is 11.8 Å². The number of carbonyl (C=O) groups excluding carboxylic acids is 2. The van der Waals surface area contributed by atoms with E-state index in [1.165, 1.54) is 0 Å². The minimum absolute atomic E-state index is 0.0327. The summed E-state index contributed by atoms with van der Waals surface area (Å²) in [4.78, 5) is 26.3. The SMILES string of the molecule is CCC1(CC)NC(=O)CN(Cc2ccccc2C)C1=O. The fourth-order valence-corrected chi connectivity index (χ4v) is 2.76. The van der Waals surface area contributed by atoms with Gasteiger partial charge in [-0.05, 0) is 30.9 Å². The summed E-state index contributed by atoms with van der Waals surface area (Å²) in [5, 5.41) is 2.88. The smallest absolute Gasteiger partial charge is 0.249 e. The van der Waals surface area contributed by atoms with Crippen LogP contribution in [-0.4, -0.2) is 28.8 Å². The Kier molecular flexibility index (Phi) is 4.12. The zero-order valence-corrected chi connectivity index (χ0v) is 12.4. The zero-order chi connectivity index (χ0) is 14.8. The molecule has 0 radical (unpaired) electrons. The van der Waals surface area contributed by atoms with Gasteiger partial charge in [-0.1, -0.05) is 38.1 Å². The lowest BCUT2D eigenvalue weighted by molar-refractivity contribution is -0.151. The van der Waals surface area contributed by atoms with Crippen LogP contribution in [-0.2, 0) is 16.1 Å². The van der Waals surface area contributed by atoms with Gasteiger partial charge in [0.05, 0.1) is 6.54 Å². The number of piperazine rings is 1. The van der Waals surface area contributed by atoms with Crippen LogP contribution in [0, 0.1) is 6.92 Å². The second-order valence-corrected chi connectivity index (χ2v) is 5.43. The van der Waals surface area contributed by atoms with Gasteiger partial charge in [-0.2, -0.15) is 0 Å². The molecule has 20 heavy (non-hydrogen) atoms. The van der Waals surface area contributed by atoms with E-state index in [1.54, 1.807) is 4.90 Å². The maximum Gasteiger partial charge on any atom is 0.249 e. The van der Waals surface area contributed by atoms with Gasteiger partial charge < -0.3 is 10.2 Å². The molecule has 1 heterocycles. The van der Waals surface area contributed by atoms with Gasteiger partial charge >= 0.3 is 0 Å². The number of nitrogens with one attached hydrogen (secondary N) is 1. The molecule has 0 spiro atoms. The maximum atomic E-state index is 12.7. The molecule has 2 amide bonds. The molecule has 1 saturated heterocycles. The quantitative estimate of drug-likeness (QED) is 0.913. The number of benzene rings is 1. The van der Waals surface area contributed by atoms with Gasteiger partial charge in [0.25, 0.3) is 0 Å². The van der Waals surface area contributed by atoms with Crippen molar-refractivity contribution in [3.63, 3.8) is 0 Å². The number of amides is 2. The van der Waals surface area contributed by atoms with Gasteiger partial charge in [-0.3, -0.25) is 9.59 Å². The van der Waals surface area contributed by atoms with Gasteiger partial charge in [-0.15, -0.1) is 0 Å². The monoisotopic (exact) mass is 274 g/mol. The van der Waals surface area contributed by atoms with Crippen LogP contribution in [0.5, 0.6) is 0 Å². The van der Waals surface area contributed by atoms with Crippen LogP contribution < -0.4 is 5.32 Å². The molecule has 1 N–H and O–H groups in total. The van der Waals surface area contributed by atoms with Crippen LogP contribution >= 0.6 is 0 Å². The molecule has 1 aromatic carbocycles. The lowest BCUT2D eigenvalue weighted by Gasteiger charge is -2.41. The molecule has 1 aromatic rings. The minimum Gasteiger partial charge on any atom is -0.340 e. The number of hydrogen-bond acceptors (Lipinski definition) is 2.